The number of hydrogen-bond acceptors (Lipinski definition) is 5. The molecule has 2 aliphatic rings. The van der Waals surface area contributed by atoms with Gasteiger partial charge in [0.1, 0.15) is 11.5 Å². The van der Waals surface area contributed by atoms with Crippen molar-refractivity contribution < 1.29 is 23.0 Å². The number of carbonyl (C=O) groups is 1. The fourth-order valence-corrected chi connectivity index (χ4v) is 4.32. The van der Waals surface area contributed by atoms with Crippen LogP contribution < -0.4 is 15.0 Å². The summed E-state index contributed by atoms with van der Waals surface area (Å²) in [6, 6.07) is 7.41. The van der Waals surface area contributed by atoms with E-state index in [0.717, 1.165) is 41.9 Å². The number of anilines is 1. The van der Waals surface area contributed by atoms with Crippen molar-refractivity contribution >= 4 is 11.8 Å². The van der Waals surface area contributed by atoms with Crippen LogP contribution >= 0.6 is 0 Å². The number of nitrogens with one attached hydrogen (secondary N) is 1. The number of methoxy groups -OCH3 is 1. The Kier molecular flexibility index (Phi) is 5.49. The highest BCUT2D eigenvalue weighted by molar-refractivity contribution is 5.92. The highest BCUT2D eigenvalue weighted by atomic mass is 19.2. The predicted molar refractivity (Wildman–Crippen MR) is 119 cm³/mol. The zero-order valence-electron chi connectivity index (χ0n) is 18.3. The summed E-state index contributed by atoms with van der Waals surface area (Å²) in [6.45, 7) is 3.67. The molecule has 5 rings (SSSR count). The van der Waals surface area contributed by atoms with E-state index < -0.39 is 17.7 Å². The molecule has 0 aliphatic carbocycles. The van der Waals surface area contributed by atoms with Crippen molar-refractivity contribution in [3.63, 3.8) is 0 Å². The summed E-state index contributed by atoms with van der Waals surface area (Å²) < 4.78 is 40.5. The van der Waals surface area contributed by atoms with Crippen molar-refractivity contribution in [1.29, 1.82) is 0 Å². The standard InChI is InChI=1S/C24H24F2N4O3/c1-14-3-5-19-22(30(14)24(31)32-2)8-6-18(15-10-28-29(13-15)16-11-27-12-16)23(19)33-17-4-7-20(25)21(26)9-17/h4,6-10,13-14,16,27H,3,5,11-12H2,1-2H3/t14-/m0/s1. The summed E-state index contributed by atoms with van der Waals surface area (Å²) in [5.74, 6) is -1.28. The molecule has 7 nitrogen and oxygen atoms in total. The molecule has 0 bridgehead atoms. The van der Waals surface area contributed by atoms with Crippen LogP contribution in [0.1, 0.15) is 24.9 Å². The van der Waals surface area contributed by atoms with E-state index in [4.69, 9.17) is 9.47 Å². The molecule has 1 atom stereocenters. The zero-order valence-corrected chi connectivity index (χ0v) is 18.3. The Balaban J connectivity index is 1.63. The second-order valence-electron chi connectivity index (χ2n) is 8.37. The lowest BCUT2D eigenvalue weighted by molar-refractivity contribution is 0.175. The zero-order chi connectivity index (χ0) is 23.1. The molecule has 1 saturated heterocycles. The Morgan fingerprint density at radius 1 is 1.18 bits per heavy atom. The van der Waals surface area contributed by atoms with Crippen LogP contribution in [0.2, 0.25) is 0 Å². The van der Waals surface area contributed by atoms with E-state index in [2.05, 4.69) is 10.4 Å². The average Bonchev–Trinajstić information content (AvgIpc) is 3.23. The van der Waals surface area contributed by atoms with Gasteiger partial charge in [-0.15, -0.1) is 0 Å². The van der Waals surface area contributed by atoms with E-state index in [0.29, 0.717) is 30.3 Å². The third-order valence-corrected chi connectivity index (χ3v) is 6.28. The topological polar surface area (TPSA) is 68.6 Å². The summed E-state index contributed by atoms with van der Waals surface area (Å²) in [6.07, 6.45) is 4.61. The maximum Gasteiger partial charge on any atom is 0.414 e. The van der Waals surface area contributed by atoms with E-state index in [-0.39, 0.29) is 11.8 Å². The molecule has 9 heteroatoms. The molecule has 2 aromatic carbocycles. The summed E-state index contributed by atoms with van der Waals surface area (Å²) in [7, 11) is 1.35. The van der Waals surface area contributed by atoms with Gasteiger partial charge in [0.05, 0.1) is 25.0 Å². The largest absolute Gasteiger partial charge is 0.456 e. The molecule has 3 aromatic rings. The number of aromatic nitrogens is 2. The van der Waals surface area contributed by atoms with Gasteiger partial charge in [0, 0.05) is 48.1 Å². The SMILES string of the molecule is COC(=O)N1c2ccc(-c3cnn(C4CNC4)c3)c(Oc3ccc(F)c(F)c3)c2CC[C@@H]1C. The number of halogens is 2. The van der Waals surface area contributed by atoms with E-state index in [1.54, 1.807) is 11.1 Å². The number of hydrogen-bond donors (Lipinski definition) is 1. The van der Waals surface area contributed by atoms with Gasteiger partial charge in [-0.1, -0.05) is 0 Å². The van der Waals surface area contributed by atoms with E-state index in [1.165, 1.54) is 13.2 Å². The highest BCUT2D eigenvalue weighted by Gasteiger charge is 2.32. The normalized spacial score (nSPS) is 17.9. The molecule has 172 valence electrons. The maximum atomic E-state index is 13.9. The van der Waals surface area contributed by atoms with E-state index in [1.807, 2.05) is 29.9 Å². The third kappa shape index (κ3) is 3.82. The Morgan fingerprint density at radius 2 is 2.00 bits per heavy atom. The Bertz CT molecular complexity index is 1210. The second-order valence-corrected chi connectivity index (χ2v) is 8.37. The van der Waals surface area contributed by atoms with Gasteiger partial charge in [0.25, 0.3) is 0 Å². The molecule has 0 unspecified atom stereocenters. The molecule has 2 aliphatic heterocycles. The predicted octanol–water partition coefficient (Wildman–Crippen LogP) is 4.67. The van der Waals surface area contributed by atoms with Gasteiger partial charge in [-0.05, 0) is 44.0 Å². The monoisotopic (exact) mass is 454 g/mol. The molecule has 1 N–H and O–H groups in total. The van der Waals surface area contributed by atoms with Crippen molar-refractivity contribution in [3.8, 4) is 22.6 Å². The van der Waals surface area contributed by atoms with Crippen LogP contribution in [0.4, 0.5) is 19.3 Å². The van der Waals surface area contributed by atoms with Gasteiger partial charge in [-0.25, -0.2) is 13.6 Å². The fourth-order valence-electron chi connectivity index (χ4n) is 4.32. The first-order chi connectivity index (χ1) is 16.0. The molecule has 33 heavy (non-hydrogen) atoms. The minimum atomic E-state index is -0.992. The Labute approximate surface area is 189 Å². The van der Waals surface area contributed by atoms with E-state index >= 15 is 0 Å². The van der Waals surface area contributed by atoms with Crippen molar-refractivity contribution in [1.82, 2.24) is 15.1 Å². The number of ether oxygens (including phenoxy) is 2. The van der Waals surface area contributed by atoms with Crippen LogP contribution in [0.15, 0.2) is 42.7 Å². The minimum Gasteiger partial charge on any atom is -0.456 e. The first kappa shape index (κ1) is 21.4. The van der Waals surface area contributed by atoms with Crippen LogP contribution in [0.3, 0.4) is 0 Å². The summed E-state index contributed by atoms with van der Waals surface area (Å²) in [4.78, 5) is 14.1. The smallest absolute Gasteiger partial charge is 0.414 e. The molecule has 3 heterocycles. The van der Waals surface area contributed by atoms with Gasteiger partial charge in [-0.2, -0.15) is 5.10 Å². The Morgan fingerprint density at radius 3 is 2.70 bits per heavy atom. The number of carbonyl (C=O) groups excluding carboxylic acids is 1. The van der Waals surface area contributed by atoms with Crippen LogP contribution in [-0.4, -0.2) is 42.1 Å². The van der Waals surface area contributed by atoms with Crippen molar-refractivity contribution in [3.05, 3.63) is 59.9 Å². The van der Waals surface area contributed by atoms with Crippen LogP contribution in [-0.2, 0) is 11.2 Å². The van der Waals surface area contributed by atoms with Crippen molar-refractivity contribution in [2.45, 2.75) is 31.8 Å². The lowest BCUT2D eigenvalue weighted by Gasteiger charge is -2.35. The first-order valence-electron chi connectivity index (χ1n) is 10.9. The molecular formula is C24H24F2N4O3. The minimum absolute atomic E-state index is 0.0548. The second kappa shape index (κ2) is 8.47. The van der Waals surface area contributed by atoms with Gasteiger partial charge >= 0.3 is 6.09 Å². The number of nitrogens with zero attached hydrogens (tertiary/aromatic N) is 3. The quantitative estimate of drug-likeness (QED) is 0.621. The fraction of sp³-hybridized carbons (Fsp3) is 0.333. The number of amides is 1. The van der Waals surface area contributed by atoms with Gasteiger partial charge in [0.2, 0.25) is 0 Å². The average molecular weight is 454 g/mol. The third-order valence-electron chi connectivity index (χ3n) is 6.28. The van der Waals surface area contributed by atoms with Crippen molar-refractivity contribution in [2.24, 2.45) is 0 Å². The molecular weight excluding hydrogens is 430 g/mol. The molecule has 1 amide bonds. The number of benzene rings is 2. The number of fused-ring (bicyclic) bond motifs is 1. The molecule has 0 spiro atoms. The molecule has 1 fully saturated rings. The summed E-state index contributed by atoms with van der Waals surface area (Å²) in [5.41, 5.74) is 3.08. The number of rotatable bonds is 4. The molecule has 1 aromatic heterocycles. The highest BCUT2D eigenvalue weighted by Crippen LogP contribution is 2.45. The van der Waals surface area contributed by atoms with E-state index in [9.17, 15) is 13.6 Å². The first-order valence-corrected chi connectivity index (χ1v) is 10.9. The maximum absolute atomic E-state index is 13.9. The summed E-state index contributed by atoms with van der Waals surface area (Å²) in [5, 5.41) is 7.72. The van der Waals surface area contributed by atoms with Gasteiger partial charge in [0.15, 0.2) is 11.6 Å². The van der Waals surface area contributed by atoms with Crippen LogP contribution in [0, 0.1) is 11.6 Å². The van der Waals surface area contributed by atoms with Crippen molar-refractivity contribution in [2.75, 3.05) is 25.1 Å². The lowest BCUT2D eigenvalue weighted by atomic mass is 9.92. The van der Waals surface area contributed by atoms with Crippen LogP contribution in [0.25, 0.3) is 11.1 Å². The summed E-state index contributed by atoms with van der Waals surface area (Å²) >= 11 is 0. The van der Waals surface area contributed by atoms with Gasteiger partial charge < -0.3 is 14.8 Å². The Hall–Kier alpha value is -3.46. The van der Waals surface area contributed by atoms with Gasteiger partial charge in [-0.3, -0.25) is 9.58 Å². The molecule has 0 radical (unpaired) electrons. The lowest BCUT2D eigenvalue weighted by Crippen LogP contribution is -2.43. The van der Waals surface area contributed by atoms with Crippen LogP contribution in [0.5, 0.6) is 11.5 Å². The molecule has 0 saturated carbocycles.